The average Bonchev–Trinajstić information content (AvgIpc) is 2.07. The SMILES string of the molecule is CCCCCCC(CCCC)CC(=O)OCN(CCC(=O)OC(CCCC)CCCCCC)CCN1CCN(CCN(CCC(=O)OC(CCCC)CCCCCC)CCN(CCC(=O)OC(CCCC)CCCCCC)CCC(=O)OC(CCCC)CCCCCC)CC1. The largest absolute Gasteiger partial charge is 0.462 e. The van der Waals surface area contributed by atoms with E-state index < -0.39 is 0 Å². The molecule has 5 unspecified atom stereocenters. The molecular weight excluding hydrogens is 1190 g/mol. The lowest BCUT2D eigenvalue weighted by Crippen LogP contribution is -2.50. The van der Waals surface area contributed by atoms with E-state index in [0.717, 1.165) is 232 Å². The minimum Gasteiger partial charge on any atom is -0.462 e. The van der Waals surface area contributed by atoms with Crippen LogP contribution in [0.2, 0.25) is 0 Å². The van der Waals surface area contributed by atoms with Crippen LogP contribution in [0.1, 0.15) is 358 Å². The molecular formula is C80H155N5O10. The second kappa shape index (κ2) is 64.5. The summed E-state index contributed by atoms with van der Waals surface area (Å²) in [6, 6.07) is 0. The van der Waals surface area contributed by atoms with Crippen molar-refractivity contribution in [3.05, 3.63) is 0 Å². The fourth-order valence-corrected chi connectivity index (χ4v) is 13.1. The Kier molecular flexibility index (Phi) is 61.2. The molecule has 5 atom stereocenters. The zero-order valence-corrected chi connectivity index (χ0v) is 64.1. The van der Waals surface area contributed by atoms with Gasteiger partial charge in [0.2, 0.25) is 0 Å². The molecule has 560 valence electrons. The van der Waals surface area contributed by atoms with Crippen molar-refractivity contribution in [2.24, 2.45) is 5.92 Å². The molecule has 1 aliphatic heterocycles. The summed E-state index contributed by atoms with van der Waals surface area (Å²) in [5.41, 5.74) is 0. The van der Waals surface area contributed by atoms with Crippen LogP contribution >= 0.6 is 0 Å². The zero-order valence-electron chi connectivity index (χ0n) is 64.1. The Bertz CT molecular complexity index is 1700. The lowest BCUT2D eigenvalue weighted by molar-refractivity contribution is -0.153. The molecule has 1 saturated heterocycles. The molecule has 0 amide bonds. The Morgan fingerprint density at radius 3 is 0.853 bits per heavy atom. The van der Waals surface area contributed by atoms with Gasteiger partial charge < -0.3 is 33.5 Å². The number of esters is 5. The maximum atomic E-state index is 13.8. The summed E-state index contributed by atoms with van der Waals surface area (Å²) >= 11 is 0. The molecule has 0 radical (unpaired) electrons. The predicted molar refractivity (Wildman–Crippen MR) is 396 cm³/mol. The lowest BCUT2D eigenvalue weighted by Gasteiger charge is -2.37. The second-order valence-corrected chi connectivity index (χ2v) is 28.6. The van der Waals surface area contributed by atoms with Crippen LogP contribution in [0.3, 0.4) is 0 Å². The standard InChI is InChI=1S/C80H155N5O10/c1-11-21-31-36-42-71(41-26-16-6)69-80(90)91-70-85(58-54-79(89)95-75(46-30-20-10)50-40-35-25-15-5)68-67-84-65-63-83(64-66-84)62-61-82(57-53-78(88)94-74(45-29-19-9)49-39-34-24-14-4)60-59-81(55-51-76(86)92-72(43-27-17-7)47-37-32-22-12-2)56-52-77(87)93-73(44-28-18-8)48-38-33-23-13-3/h71-75H,11-70H2,1-10H3. The number of rotatable bonds is 69. The topological polar surface area (TPSA) is 148 Å². The van der Waals surface area contributed by atoms with Crippen LogP contribution < -0.4 is 0 Å². The van der Waals surface area contributed by atoms with Crippen LogP contribution in [0.5, 0.6) is 0 Å². The zero-order chi connectivity index (χ0) is 69.6. The van der Waals surface area contributed by atoms with Gasteiger partial charge in [0.05, 0.1) is 25.7 Å². The number of hydrogen-bond acceptors (Lipinski definition) is 15. The van der Waals surface area contributed by atoms with Crippen molar-refractivity contribution < 1.29 is 47.7 Å². The van der Waals surface area contributed by atoms with Crippen molar-refractivity contribution >= 4 is 29.8 Å². The quantitative estimate of drug-likeness (QED) is 0.0246. The average molecular weight is 1350 g/mol. The highest BCUT2D eigenvalue weighted by Gasteiger charge is 2.25. The summed E-state index contributed by atoms with van der Waals surface area (Å²) in [6.07, 6.45) is 44.5. The Morgan fingerprint density at radius 2 is 0.537 bits per heavy atom. The normalized spacial score (nSPS) is 14.7. The molecule has 0 bridgehead atoms. The highest BCUT2D eigenvalue weighted by atomic mass is 16.6. The first-order valence-corrected chi connectivity index (χ1v) is 40.8. The molecule has 15 heteroatoms. The van der Waals surface area contributed by atoms with E-state index >= 15 is 0 Å². The molecule has 0 aromatic heterocycles. The van der Waals surface area contributed by atoms with Crippen LogP contribution in [0.15, 0.2) is 0 Å². The van der Waals surface area contributed by atoms with Gasteiger partial charge in [0.15, 0.2) is 0 Å². The highest BCUT2D eigenvalue weighted by molar-refractivity contribution is 5.71. The first-order valence-electron chi connectivity index (χ1n) is 40.8. The summed E-state index contributed by atoms with van der Waals surface area (Å²) in [4.78, 5) is 80.2. The van der Waals surface area contributed by atoms with Gasteiger partial charge in [-0.25, -0.2) is 0 Å². The molecule has 0 aromatic carbocycles. The maximum absolute atomic E-state index is 13.8. The van der Waals surface area contributed by atoms with Gasteiger partial charge in [-0.05, 0) is 95.8 Å². The number of unbranched alkanes of at least 4 members (excludes halogenated alkanes) is 20. The third kappa shape index (κ3) is 52.8. The first kappa shape index (κ1) is 90.2. The van der Waals surface area contributed by atoms with Crippen molar-refractivity contribution in [2.75, 3.05) is 98.4 Å². The molecule has 1 rings (SSSR count). The molecule has 1 aliphatic rings. The summed E-state index contributed by atoms with van der Waals surface area (Å²) in [5.74, 6) is -0.432. The molecule has 0 aromatic rings. The number of hydrogen-bond donors (Lipinski definition) is 0. The number of ether oxygens (including phenoxy) is 5. The van der Waals surface area contributed by atoms with Crippen molar-refractivity contribution in [1.29, 1.82) is 0 Å². The predicted octanol–water partition coefficient (Wildman–Crippen LogP) is 19.0. The summed E-state index contributed by atoms with van der Waals surface area (Å²) < 4.78 is 31.0. The fourth-order valence-electron chi connectivity index (χ4n) is 13.1. The number of nitrogens with zero attached hydrogens (tertiary/aromatic N) is 5. The van der Waals surface area contributed by atoms with E-state index in [2.05, 4.69) is 93.7 Å². The van der Waals surface area contributed by atoms with Crippen LogP contribution in [0, 0.1) is 5.92 Å². The van der Waals surface area contributed by atoms with Gasteiger partial charge in [-0.2, -0.15) is 0 Å². The Balaban J connectivity index is 3.39. The number of piperazine rings is 1. The van der Waals surface area contributed by atoms with Crippen LogP contribution in [0.4, 0.5) is 0 Å². The van der Waals surface area contributed by atoms with E-state index in [0.29, 0.717) is 64.6 Å². The van der Waals surface area contributed by atoms with Gasteiger partial charge in [0.1, 0.15) is 31.1 Å². The third-order valence-electron chi connectivity index (χ3n) is 19.7. The maximum Gasteiger partial charge on any atom is 0.307 e. The van der Waals surface area contributed by atoms with Crippen LogP contribution in [-0.2, 0) is 47.7 Å². The van der Waals surface area contributed by atoms with Gasteiger partial charge in [0, 0.05) is 98.0 Å². The Hall–Kier alpha value is -2.85. The smallest absolute Gasteiger partial charge is 0.307 e. The Morgan fingerprint density at radius 1 is 0.284 bits per heavy atom. The molecule has 0 aliphatic carbocycles. The summed E-state index contributed by atoms with van der Waals surface area (Å²) in [6.45, 7) is 32.2. The van der Waals surface area contributed by atoms with Gasteiger partial charge in [-0.15, -0.1) is 0 Å². The molecule has 1 heterocycles. The molecule has 0 N–H and O–H groups in total. The van der Waals surface area contributed by atoms with E-state index in [9.17, 15) is 24.0 Å². The van der Waals surface area contributed by atoms with Crippen molar-refractivity contribution in [2.45, 2.75) is 383 Å². The van der Waals surface area contributed by atoms with Gasteiger partial charge >= 0.3 is 29.8 Å². The molecule has 1 fully saturated rings. The summed E-state index contributed by atoms with van der Waals surface area (Å²) in [7, 11) is 0. The van der Waals surface area contributed by atoms with E-state index in [1.807, 2.05) is 0 Å². The van der Waals surface area contributed by atoms with Crippen molar-refractivity contribution in [3.63, 3.8) is 0 Å². The number of carbonyl (C=O) groups is 5. The molecule has 95 heavy (non-hydrogen) atoms. The highest BCUT2D eigenvalue weighted by Crippen LogP contribution is 2.23. The first-order chi connectivity index (χ1) is 46.3. The molecule has 0 spiro atoms. The van der Waals surface area contributed by atoms with Crippen LogP contribution in [0.25, 0.3) is 0 Å². The number of carbonyl (C=O) groups excluding carboxylic acids is 5. The van der Waals surface area contributed by atoms with Gasteiger partial charge in [-0.1, -0.05) is 236 Å². The third-order valence-corrected chi connectivity index (χ3v) is 19.7. The van der Waals surface area contributed by atoms with Gasteiger partial charge in [-0.3, -0.25) is 38.7 Å². The second-order valence-electron chi connectivity index (χ2n) is 28.6. The minimum atomic E-state index is -0.169. The van der Waals surface area contributed by atoms with Crippen LogP contribution in [-0.4, -0.2) is 177 Å². The van der Waals surface area contributed by atoms with E-state index in [1.165, 1.54) is 70.6 Å². The lowest BCUT2D eigenvalue weighted by atomic mass is 9.92. The van der Waals surface area contributed by atoms with E-state index in [-0.39, 0.29) is 80.3 Å². The fraction of sp³-hybridized carbons (Fsp3) is 0.938. The van der Waals surface area contributed by atoms with Gasteiger partial charge in [0.25, 0.3) is 0 Å². The summed E-state index contributed by atoms with van der Waals surface area (Å²) in [5, 5.41) is 0. The van der Waals surface area contributed by atoms with E-state index in [4.69, 9.17) is 23.7 Å². The molecule has 15 nitrogen and oxygen atoms in total. The monoisotopic (exact) mass is 1350 g/mol. The van der Waals surface area contributed by atoms with Crippen molar-refractivity contribution in [3.8, 4) is 0 Å². The molecule has 0 saturated carbocycles. The van der Waals surface area contributed by atoms with Crippen molar-refractivity contribution in [1.82, 2.24) is 24.5 Å². The minimum absolute atomic E-state index is 0.0452. The Labute approximate surface area is 586 Å². The van der Waals surface area contributed by atoms with E-state index in [1.54, 1.807) is 0 Å².